The van der Waals surface area contributed by atoms with E-state index in [0.717, 1.165) is 57.7 Å². The molecule has 1 amide bonds. The van der Waals surface area contributed by atoms with E-state index >= 15 is 0 Å². The van der Waals surface area contributed by atoms with Crippen LogP contribution in [-0.2, 0) is 9.53 Å². The summed E-state index contributed by atoms with van der Waals surface area (Å²) in [5.41, 5.74) is 8.06. The first-order valence-corrected chi connectivity index (χ1v) is 9.49. The van der Waals surface area contributed by atoms with Gasteiger partial charge in [0, 0.05) is 30.4 Å². The number of nitrogens with one attached hydrogen (secondary N) is 1. The number of morpholine rings is 1. The molecule has 0 spiro atoms. The van der Waals surface area contributed by atoms with Gasteiger partial charge in [0.1, 0.15) is 0 Å². The first kappa shape index (κ1) is 24.2. The summed E-state index contributed by atoms with van der Waals surface area (Å²) in [7, 11) is 0. The summed E-state index contributed by atoms with van der Waals surface area (Å²) in [5, 5.41) is 3.10. The third-order valence-electron chi connectivity index (χ3n) is 5.80. The van der Waals surface area contributed by atoms with Gasteiger partial charge in [-0.15, -0.1) is 24.8 Å². The lowest BCUT2D eigenvalue weighted by molar-refractivity contribution is -0.122. The van der Waals surface area contributed by atoms with Gasteiger partial charge >= 0.3 is 0 Å². The minimum atomic E-state index is -0.402. The number of amides is 1. The van der Waals surface area contributed by atoms with Crippen molar-refractivity contribution in [2.24, 2.45) is 11.7 Å². The molecule has 1 aliphatic heterocycles. The van der Waals surface area contributed by atoms with Crippen LogP contribution in [0, 0.1) is 5.92 Å². The van der Waals surface area contributed by atoms with Crippen molar-refractivity contribution >= 4 is 36.4 Å². The van der Waals surface area contributed by atoms with E-state index in [9.17, 15) is 4.79 Å². The topological polar surface area (TPSA) is 67.6 Å². The fourth-order valence-corrected chi connectivity index (χ4v) is 4.07. The molecule has 154 valence electrons. The largest absolute Gasteiger partial charge is 0.379 e. The second-order valence-electron chi connectivity index (χ2n) is 7.74. The highest BCUT2D eigenvalue weighted by Crippen LogP contribution is 2.32. The minimum absolute atomic E-state index is 0. The first-order valence-electron chi connectivity index (χ1n) is 9.49. The Morgan fingerprint density at radius 1 is 1.30 bits per heavy atom. The molecule has 27 heavy (non-hydrogen) atoms. The van der Waals surface area contributed by atoms with Crippen LogP contribution in [0.2, 0.25) is 0 Å². The molecule has 1 aromatic rings. The number of benzene rings is 1. The van der Waals surface area contributed by atoms with E-state index in [4.69, 9.17) is 10.5 Å². The fourth-order valence-electron chi connectivity index (χ4n) is 4.07. The van der Waals surface area contributed by atoms with Crippen LogP contribution < -0.4 is 11.1 Å². The molecule has 1 saturated carbocycles. The van der Waals surface area contributed by atoms with E-state index in [1.165, 1.54) is 5.56 Å². The minimum Gasteiger partial charge on any atom is -0.379 e. The summed E-state index contributed by atoms with van der Waals surface area (Å²) in [6.45, 7) is 7.70. The smallest absolute Gasteiger partial charge is 0.229 e. The molecule has 0 aromatic heterocycles. The number of carbonyl (C=O) groups is 1. The Hall–Kier alpha value is -0.850. The van der Waals surface area contributed by atoms with Crippen molar-refractivity contribution in [1.29, 1.82) is 0 Å². The van der Waals surface area contributed by atoms with Crippen LogP contribution in [0.3, 0.4) is 0 Å². The molecule has 1 saturated heterocycles. The lowest BCUT2D eigenvalue weighted by Crippen LogP contribution is -2.51. The van der Waals surface area contributed by atoms with E-state index < -0.39 is 5.54 Å². The maximum absolute atomic E-state index is 12.7. The SMILES string of the molecule is CC(c1cccc(NC(=O)C2CCCCC2(C)N)c1)N1CCOCC1.Cl.Cl. The van der Waals surface area contributed by atoms with Crippen LogP contribution >= 0.6 is 24.8 Å². The molecule has 3 rings (SSSR count). The van der Waals surface area contributed by atoms with E-state index in [0.29, 0.717) is 6.04 Å². The summed E-state index contributed by atoms with van der Waals surface area (Å²) < 4.78 is 5.44. The number of ether oxygens (including phenoxy) is 1. The third kappa shape index (κ3) is 6.06. The maximum Gasteiger partial charge on any atom is 0.229 e. The standard InChI is InChI=1S/C20H31N3O2.2ClH/c1-15(23-10-12-25-13-11-23)16-6-5-7-17(14-16)22-19(24)18-8-3-4-9-20(18,2)21;;/h5-7,14-15,18H,3-4,8-13,21H2,1-2H3,(H,22,24);2*1H. The number of rotatable bonds is 4. The molecule has 2 fully saturated rings. The Morgan fingerprint density at radius 3 is 2.67 bits per heavy atom. The monoisotopic (exact) mass is 417 g/mol. The average Bonchev–Trinajstić information content (AvgIpc) is 2.61. The molecule has 5 nitrogen and oxygen atoms in total. The third-order valence-corrected chi connectivity index (χ3v) is 5.80. The van der Waals surface area contributed by atoms with Gasteiger partial charge in [0.2, 0.25) is 5.91 Å². The van der Waals surface area contributed by atoms with Crippen LogP contribution in [0.1, 0.15) is 51.1 Å². The summed E-state index contributed by atoms with van der Waals surface area (Å²) in [4.78, 5) is 15.2. The summed E-state index contributed by atoms with van der Waals surface area (Å²) in [6.07, 6.45) is 3.99. The highest BCUT2D eigenvalue weighted by molar-refractivity contribution is 5.93. The number of anilines is 1. The van der Waals surface area contributed by atoms with Gasteiger partial charge in [-0.2, -0.15) is 0 Å². The Morgan fingerprint density at radius 2 is 2.00 bits per heavy atom. The second kappa shape index (κ2) is 10.6. The van der Waals surface area contributed by atoms with Crippen molar-refractivity contribution in [1.82, 2.24) is 4.90 Å². The molecule has 2 aliphatic rings. The number of carbonyl (C=O) groups excluding carboxylic acids is 1. The highest BCUT2D eigenvalue weighted by Gasteiger charge is 2.37. The van der Waals surface area contributed by atoms with Crippen LogP contribution in [0.5, 0.6) is 0 Å². The van der Waals surface area contributed by atoms with Gasteiger partial charge in [0.05, 0.1) is 19.1 Å². The second-order valence-corrected chi connectivity index (χ2v) is 7.74. The molecule has 1 aliphatic carbocycles. The number of nitrogens with two attached hydrogens (primary N) is 1. The van der Waals surface area contributed by atoms with Gasteiger partial charge in [0.15, 0.2) is 0 Å². The molecule has 3 N–H and O–H groups in total. The van der Waals surface area contributed by atoms with Gasteiger partial charge in [-0.05, 0) is 44.4 Å². The normalized spacial score (nSPS) is 27.0. The molecular weight excluding hydrogens is 385 g/mol. The number of halogens is 2. The molecule has 3 unspecified atom stereocenters. The molecule has 3 atom stereocenters. The molecule has 7 heteroatoms. The quantitative estimate of drug-likeness (QED) is 0.781. The van der Waals surface area contributed by atoms with E-state index in [1.807, 2.05) is 19.1 Å². The van der Waals surface area contributed by atoms with Gasteiger partial charge in [-0.1, -0.05) is 25.0 Å². The van der Waals surface area contributed by atoms with Crippen LogP contribution in [-0.4, -0.2) is 42.6 Å². The number of nitrogens with zero attached hydrogens (tertiary/aromatic N) is 1. The summed E-state index contributed by atoms with van der Waals surface area (Å²) in [5.74, 6) is -0.0533. The molecular formula is C20H33Cl2N3O2. The van der Waals surface area contributed by atoms with Crippen LogP contribution in [0.4, 0.5) is 5.69 Å². The van der Waals surface area contributed by atoms with Gasteiger partial charge in [-0.25, -0.2) is 0 Å². The van der Waals surface area contributed by atoms with Crippen LogP contribution in [0.25, 0.3) is 0 Å². The lowest BCUT2D eigenvalue weighted by Gasteiger charge is -2.37. The van der Waals surface area contributed by atoms with Crippen molar-refractivity contribution in [2.75, 3.05) is 31.6 Å². The van der Waals surface area contributed by atoms with Gasteiger partial charge in [0.25, 0.3) is 0 Å². The van der Waals surface area contributed by atoms with Crippen molar-refractivity contribution in [3.05, 3.63) is 29.8 Å². The number of hydrogen-bond donors (Lipinski definition) is 2. The average molecular weight is 418 g/mol. The van der Waals surface area contributed by atoms with Crippen LogP contribution in [0.15, 0.2) is 24.3 Å². The van der Waals surface area contributed by atoms with Crippen molar-refractivity contribution in [3.8, 4) is 0 Å². The van der Waals surface area contributed by atoms with Gasteiger partial charge < -0.3 is 15.8 Å². The van der Waals surface area contributed by atoms with E-state index in [2.05, 4.69) is 29.3 Å². The predicted molar refractivity (Wildman–Crippen MR) is 115 cm³/mol. The van der Waals surface area contributed by atoms with Crippen molar-refractivity contribution < 1.29 is 9.53 Å². The predicted octanol–water partition coefficient (Wildman–Crippen LogP) is 3.77. The number of hydrogen-bond acceptors (Lipinski definition) is 4. The van der Waals surface area contributed by atoms with E-state index in [1.54, 1.807) is 0 Å². The Labute approximate surface area is 175 Å². The Kier molecular flexibility index (Phi) is 9.52. The molecule has 1 aromatic carbocycles. The zero-order chi connectivity index (χ0) is 17.9. The molecule has 0 bridgehead atoms. The maximum atomic E-state index is 12.7. The van der Waals surface area contributed by atoms with Gasteiger partial charge in [-0.3, -0.25) is 9.69 Å². The summed E-state index contributed by atoms with van der Waals surface area (Å²) >= 11 is 0. The fraction of sp³-hybridized carbons (Fsp3) is 0.650. The Balaban J connectivity index is 0.00000182. The lowest BCUT2D eigenvalue weighted by atomic mass is 9.74. The van der Waals surface area contributed by atoms with Crippen molar-refractivity contribution in [3.63, 3.8) is 0 Å². The van der Waals surface area contributed by atoms with Crippen molar-refractivity contribution in [2.45, 2.75) is 51.1 Å². The Bertz CT molecular complexity index is 607. The zero-order valence-corrected chi connectivity index (χ0v) is 17.9. The zero-order valence-electron chi connectivity index (χ0n) is 16.3. The highest BCUT2D eigenvalue weighted by atomic mass is 35.5. The molecule has 1 heterocycles. The summed E-state index contributed by atoms with van der Waals surface area (Å²) in [6, 6.07) is 8.52. The first-order chi connectivity index (χ1) is 12.0. The molecule has 0 radical (unpaired) electrons. The van der Waals surface area contributed by atoms with E-state index in [-0.39, 0.29) is 36.6 Å².